The second-order valence-electron chi connectivity index (χ2n) is 4.35. The summed E-state index contributed by atoms with van der Waals surface area (Å²) in [6, 6.07) is 10.4. The number of hydrogen-bond acceptors (Lipinski definition) is 4. The average Bonchev–Trinajstić information content (AvgIpc) is 2.88. The van der Waals surface area contributed by atoms with E-state index in [2.05, 4.69) is 10.1 Å². The van der Waals surface area contributed by atoms with Crippen LogP contribution in [0.25, 0.3) is 0 Å². The van der Waals surface area contributed by atoms with E-state index in [0.717, 1.165) is 21.9 Å². The smallest absolute Gasteiger partial charge is 0.310 e. The van der Waals surface area contributed by atoms with Gasteiger partial charge in [0, 0.05) is 22.8 Å². The first-order chi connectivity index (χ1) is 9.67. The maximum absolute atomic E-state index is 12.8. The number of halogens is 1. The van der Waals surface area contributed by atoms with Gasteiger partial charge in [0.25, 0.3) is 0 Å². The minimum atomic E-state index is -0.224. The molecule has 0 saturated carbocycles. The van der Waals surface area contributed by atoms with Gasteiger partial charge < -0.3 is 10.1 Å². The van der Waals surface area contributed by atoms with E-state index < -0.39 is 0 Å². The first-order valence-corrected chi connectivity index (χ1v) is 7.08. The lowest BCUT2D eigenvalue weighted by atomic mass is 10.2. The molecule has 0 amide bonds. The molecule has 0 unspecified atom stereocenters. The molecule has 1 aromatic heterocycles. The van der Waals surface area contributed by atoms with Crippen LogP contribution in [0.3, 0.4) is 0 Å². The van der Waals surface area contributed by atoms with Crippen LogP contribution in [0.5, 0.6) is 0 Å². The molecule has 5 heteroatoms. The lowest BCUT2D eigenvalue weighted by molar-refractivity contribution is -0.139. The predicted octanol–water partition coefficient (Wildman–Crippen LogP) is 2.89. The Kier molecular flexibility index (Phi) is 5.26. The van der Waals surface area contributed by atoms with E-state index in [9.17, 15) is 9.18 Å². The van der Waals surface area contributed by atoms with E-state index in [1.165, 1.54) is 19.2 Å². The number of carbonyl (C=O) groups excluding carboxylic acids is 1. The quantitative estimate of drug-likeness (QED) is 0.832. The number of methoxy groups -OCH3 is 1. The van der Waals surface area contributed by atoms with Gasteiger partial charge in [-0.25, -0.2) is 4.39 Å². The zero-order chi connectivity index (χ0) is 14.4. The van der Waals surface area contributed by atoms with E-state index in [-0.39, 0.29) is 11.8 Å². The van der Waals surface area contributed by atoms with Crippen LogP contribution in [-0.2, 0) is 29.0 Å². The second-order valence-corrected chi connectivity index (χ2v) is 5.60. The van der Waals surface area contributed by atoms with Crippen molar-refractivity contribution >= 4 is 17.3 Å². The highest BCUT2D eigenvalue weighted by atomic mass is 32.1. The summed E-state index contributed by atoms with van der Waals surface area (Å²) in [6.07, 6.45) is 0.319. The summed E-state index contributed by atoms with van der Waals surface area (Å²) in [5, 5.41) is 3.29. The third-order valence-electron chi connectivity index (χ3n) is 2.81. The van der Waals surface area contributed by atoms with Crippen molar-refractivity contribution in [3.63, 3.8) is 0 Å². The standard InChI is InChI=1S/C15H16FNO2S/c1-19-15(18)8-13-6-7-14(20-13)10-17-9-11-2-4-12(16)5-3-11/h2-7,17H,8-10H2,1H3. The third-order valence-corrected chi connectivity index (χ3v) is 3.89. The van der Waals surface area contributed by atoms with Crippen molar-refractivity contribution in [2.45, 2.75) is 19.5 Å². The Labute approximate surface area is 121 Å². The first kappa shape index (κ1) is 14.7. The fourth-order valence-electron chi connectivity index (χ4n) is 1.76. The van der Waals surface area contributed by atoms with Crippen molar-refractivity contribution in [3.05, 3.63) is 57.5 Å². The SMILES string of the molecule is COC(=O)Cc1ccc(CNCc2ccc(F)cc2)s1. The number of ether oxygens (including phenoxy) is 1. The van der Waals surface area contributed by atoms with Gasteiger partial charge in [-0.1, -0.05) is 12.1 Å². The number of esters is 1. The molecule has 2 aromatic rings. The molecular formula is C15H16FNO2S. The molecule has 0 bridgehead atoms. The summed E-state index contributed by atoms with van der Waals surface area (Å²) in [4.78, 5) is 13.3. The second kappa shape index (κ2) is 7.17. The maximum Gasteiger partial charge on any atom is 0.310 e. The molecule has 0 fully saturated rings. The topological polar surface area (TPSA) is 38.3 Å². The number of benzene rings is 1. The summed E-state index contributed by atoms with van der Waals surface area (Å²) < 4.78 is 17.4. The molecule has 3 nitrogen and oxygen atoms in total. The van der Waals surface area contributed by atoms with Crippen LogP contribution in [0, 0.1) is 5.82 Å². The molecule has 0 atom stereocenters. The summed E-state index contributed by atoms with van der Waals surface area (Å²) in [5.41, 5.74) is 1.04. The van der Waals surface area contributed by atoms with Crippen LogP contribution in [0.15, 0.2) is 36.4 Å². The summed E-state index contributed by atoms with van der Waals surface area (Å²) >= 11 is 1.59. The highest BCUT2D eigenvalue weighted by Gasteiger charge is 2.06. The van der Waals surface area contributed by atoms with Gasteiger partial charge in [0.05, 0.1) is 13.5 Å². The minimum Gasteiger partial charge on any atom is -0.469 e. The van der Waals surface area contributed by atoms with Gasteiger partial charge in [-0.2, -0.15) is 0 Å². The van der Waals surface area contributed by atoms with Crippen LogP contribution in [0.2, 0.25) is 0 Å². The molecule has 106 valence electrons. The van der Waals surface area contributed by atoms with Gasteiger partial charge in [0.2, 0.25) is 0 Å². The van der Waals surface area contributed by atoms with Gasteiger partial charge in [0.1, 0.15) is 5.82 Å². The monoisotopic (exact) mass is 293 g/mol. The molecule has 0 aliphatic rings. The average molecular weight is 293 g/mol. The van der Waals surface area contributed by atoms with E-state index in [1.807, 2.05) is 12.1 Å². The zero-order valence-corrected chi connectivity index (χ0v) is 12.0. The van der Waals surface area contributed by atoms with Crippen LogP contribution in [0.1, 0.15) is 15.3 Å². The lowest BCUT2D eigenvalue weighted by Gasteiger charge is -2.03. The number of nitrogens with one attached hydrogen (secondary N) is 1. The molecule has 2 rings (SSSR count). The van der Waals surface area contributed by atoms with E-state index in [4.69, 9.17) is 0 Å². The highest BCUT2D eigenvalue weighted by molar-refractivity contribution is 7.12. The van der Waals surface area contributed by atoms with Crippen molar-refractivity contribution in [1.82, 2.24) is 5.32 Å². The van der Waals surface area contributed by atoms with Crippen molar-refractivity contribution in [3.8, 4) is 0 Å². The molecule has 1 aromatic carbocycles. The largest absolute Gasteiger partial charge is 0.469 e. The predicted molar refractivity (Wildman–Crippen MR) is 77.0 cm³/mol. The Morgan fingerprint density at radius 2 is 1.85 bits per heavy atom. The molecule has 0 spiro atoms. The molecule has 0 radical (unpaired) electrons. The fourth-order valence-corrected chi connectivity index (χ4v) is 2.73. The van der Waals surface area contributed by atoms with Crippen molar-refractivity contribution in [2.24, 2.45) is 0 Å². The minimum absolute atomic E-state index is 0.223. The van der Waals surface area contributed by atoms with E-state index >= 15 is 0 Å². The van der Waals surface area contributed by atoms with Crippen LogP contribution < -0.4 is 5.32 Å². The fraction of sp³-hybridized carbons (Fsp3) is 0.267. The van der Waals surface area contributed by atoms with Gasteiger partial charge in [-0.3, -0.25) is 4.79 Å². The molecular weight excluding hydrogens is 277 g/mol. The van der Waals surface area contributed by atoms with Gasteiger partial charge in [0.15, 0.2) is 0 Å². The van der Waals surface area contributed by atoms with Crippen LogP contribution in [0.4, 0.5) is 4.39 Å². The zero-order valence-electron chi connectivity index (χ0n) is 11.2. The van der Waals surface area contributed by atoms with Crippen molar-refractivity contribution in [2.75, 3.05) is 7.11 Å². The van der Waals surface area contributed by atoms with E-state index in [1.54, 1.807) is 23.5 Å². The van der Waals surface area contributed by atoms with E-state index in [0.29, 0.717) is 13.0 Å². The summed E-state index contributed by atoms with van der Waals surface area (Å²) in [5.74, 6) is -0.447. The molecule has 0 saturated heterocycles. The third kappa shape index (κ3) is 4.43. The molecule has 20 heavy (non-hydrogen) atoms. The Balaban J connectivity index is 1.79. The Morgan fingerprint density at radius 3 is 2.55 bits per heavy atom. The van der Waals surface area contributed by atoms with Crippen molar-refractivity contribution in [1.29, 1.82) is 0 Å². The summed E-state index contributed by atoms with van der Waals surface area (Å²) in [6.45, 7) is 1.41. The lowest BCUT2D eigenvalue weighted by Crippen LogP contribution is -2.11. The van der Waals surface area contributed by atoms with Gasteiger partial charge in [-0.15, -0.1) is 11.3 Å². The van der Waals surface area contributed by atoms with Crippen LogP contribution >= 0.6 is 11.3 Å². The van der Waals surface area contributed by atoms with Crippen molar-refractivity contribution < 1.29 is 13.9 Å². The number of hydrogen-bond donors (Lipinski definition) is 1. The Bertz CT molecular complexity index is 566. The normalized spacial score (nSPS) is 10.5. The van der Waals surface area contributed by atoms with Gasteiger partial charge >= 0.3 is 5.97 Å². The van der Waals surface area contributed by atoms with Crippen LogP contribution in [-0.4, -0.2) is 13.1 Å². The molecule has 0 aliphatic heterocycles. The maximum atomic E-state index is 12.8. The number of carbonyl (C=O) groups is 1. The number of rotatable bonds is 6. The Morgan fingerprint density at radius 1 is 1.15 bits per heavy atom. The highest BCUT2D eigenvalue weighted by Crippen LogP contribution is 2.17. The molecule has 0 aliphatic carbocycles. The molecule has 1 heterocycles. The molecule has 1 N–H and O–H groups in total. The summed E-state index contributed by atoms with van der Waals surface area (Å²) in [7, 11) is 1.39. The van der Waals surface area contributed by atoms with Gasteiger partial charge in [-0.05, 0) is 29.8 Å². The Hall–Kier alpha value is -1.72. The number of thiophene rings is 1. The first-order valence-electron chi connectivity index (χ1n) is 6.27.